The zero-order valence-corrected chi connectivity index (χ0v) is 10.0. The molecule has 0 fully saturated rings. The van der Waals surface area contributed by atoms with Gasteiger partial charge in [0.05, 0.1) is 5.69 Å². The summed E-state index contributed by atoms with van der Waals surface area (Å²) in [6.45, 7) is 1.60. The number of nitrogens with one attached hydrogen (secondary N) is 1. The first-order valence-electron chi connectivity index (χ1n) is 5.09. The summed E-state index contributed by atoms with van der Waals surface area (Å²) < 4.78 is 13.6. The van der Waals surface area contributed by atoms with Crippen LogP contribution in [-0.4, -0.2) is 9.97 Å². The minimum atomic E-state index is -0.436. The molecule has 0 spiro atoms. The molecule has 0 aliphatic rings. The molecular weight excluding hydrogens is 241 g/mol. The van der Waals surface area contributed by atoms with E-state index < -0.39 is 5.82 Å². The zero-order valence-electron chi connectivity index (χ0n) is 9.24. The van der Waals surface area contributed by atoms with Crippen molar-refractivity contribution < 1.29 is 4.39 Å². The van der Waals surface area contributed by atoms with Crippen molar-refractivity contribution in [2.75, 3.05) is 5.32 Å². The van der Waals surface area contributed by atoms with Crippen LogP contribution in [0.3, 0.4) is 0 Å². The van der Waals surface area contributed by atoms with E-state index in [0.717, 1.165) is 11.3 Å². The summed E-state index contributed by atoms with van der Waals surface area (Å²) in [5.41, 5.74) is 2.09. The predicted molar refractivity (Wildman–Crippen MR) is 66.0 cm³/mol. The van der Waals surface area contributed by atoms with Crippen molar-refractivity contribution in [3.63, 3.8) is 0 Å². The first kappa shape index (κ1) is 11.8. The molecule has 0 saturated heterocycles. The highest BCUT2D eigenvalue weighted by Crippen LogP contribution is 2.19. The van der Waals surface area contributed by atoms with Crippen LogP contribution in [-0.2, 0) is 5.88 Å². The minimum absolute atomic E-state index is 0.177. The van der Waals surface area contributed by atoms with E-state index in [1.807, 2.05) is 24.3 Å². The average Bonchev–Trinajstić information content (AvgIpc) is 2.36. The number of aryl methyl sites for hydroxylation is 1. The van der Waals surface area contributed by atoms with E-state index in [4.69, 9.17) is 11.6 Å². The van der Waals surface area contributed by atoms with Crippen molar-refractivity contribution in [1.82, 2.24) is 9.97 Å². The molecule has 0 unspecified atom stereocenters. The Hall–Kier alpha value is -1.68. The number of halogens is 2. The Kier molecular flexibility index (Phi) is 3.54. The third-order valence-corrected chi connectivity index (χ3v) is 2.64. The van der Waals surface area contributed by atoms with Gasteiger partial charge < -0.3 is 5.32 Å². The van der Waals surface area contributed by atoms with Crippen LogP contribution in [0.5, 0.6) is 0 Å². The molecular formula is C12H11ClFN3. The lowest BCUT2D eigenvalue weighted by Crippen LogP contribution is -2.00. The van der Waals surface area contributed by atoms with E-state index in [-0.39, 0.29) is 5.82 Å². The lowest BCUT2D eigenvalue weighted by Gasteiger charge is -2.07. The molecule has 0 amide bonds. The normalized spacial score (nSPS) is 10.3. The highest BCUT2D eigenvalue weighted by molar-refractivity contribution is 6.17. The first-order chi connectivity index (χ1) is 8.20. The number of hydrogen-bond acceptors (Lipinski definition) is 3. The van der Waals surface area contributed by atoms with Crippen molar-refractivity contribution >= 4 is 23.1 Å². The summed E-state index contributed by atoms with van der Waals surface area (Å²) >= 11 is 5.68. The fraction of sp³-hybridized carbons (Fsp3) is 0.167. The van der Waals surface area contributed by atoms with Gasteiger partial charge in [-0.1, -0.05) is 12.1 Å². The molecule has 5 heteroatoms. The van der Waals surface area contributed by atoms with E-state index in [0.29, 0.717) is 11.6 Å². The fourth-order valence-electron chi connectivity index (χ4n) is 1.36. The van der Waals surface area contributed by atoms with Crippen LogP contribution in [0.25, 0.3) is 0 Å². The lowest BCUT2D eigenvalue weighted by molar-refractivity contribution is 0.607. The van der Waals surface area contributed by atoms with Gasteiger partial charge in [0.1, 0.15) is 6.33 Å². The van der Waals surface area contributed by atoms with Gasteiger partial charge >= 0.3 is 0 Å². The first-order valence-corrected chi connectivity index (χ1v) is 5.63. The van der Waals surface area contributed by atoms with E-state index in [2.05, 4.69) is 15.3 Å². The number of nitrogens with zero attached hydrogens (tertiary/aromatic N) is 2. The number of aromatic nitrogens is 2. The summed E-state index contributed by atoms with van der Waals surface area (Å²) in [6, 6.07) is 7.41. The topological polar surface area (TPSA) is 37.8 Å². The molecule has 3 nitrogen and oxygen atoms in total. The van der Waals surface area contributed by atoms with E-state index in [1.165, 1.54) is 6.33 Å². The van der Waals surface area contributed by atoms with Crippen molar-refractivity contribution in [3.05, 3.63) is 47.7 Å². The average molecular weight is 252 g/mol. The second-order valence-electron chi connectivity index (χ2n) is 3.58. The monoisotopic (exact) mass is 251 g/mol. The van der Waals surface area contributed by atoms with Gasteiger partial charge in [-0.2, -0.15) is 0 Å². The highest BCUT2D eigenvalue weighted by atomic mass is 35.5. The van der Waals surface area contributed by atoms with Crippen LogP contribution in [0.4, 0.5) is 15.9 Å². The van der Waals surface area contributed by atoms with Crippen molar-refractivity contribution in [2.24, 2.45) is 0 Å². The molecule has 17 heavy (non-hydrogen) atoms. The van der Waals surface area contributed by atoms with Crippen molar-refractivity contribution in [3.8, 4) is 0 Å². The Morgan fingerprint density at radius 3 is 2.59 bits per heavy atom. The minimum Gasteiger partial charge on any atom is -0.338 e. The van der Waals surface area contributed by atoms with E-state index in [9.17, 15) is 4.39 Å². The summed E-state index contributed by atoms with van der Waals surface area (Å²) in [6.07, 6.45) is 1.33. The fourth-order valence-corrected chi connectivity index (χ4v) is 1.54. The van der Waals surface area contributed by atoms with Crippen LogP contribution in [0.1, 0.15) is 11.3 Å². The smallest absolute Gasteiger partial charge is 0.186 e. The molecule has 2 aromatic rings. The molecule has 1 N–H and O–H groups in total. The van der Waals surface area contributed by atoms with Crippen molar-refractivity contribution in [2.45, 2.75) is 12.8 Å². The predicted octanol–water partition coefficient (Wildman–Crippen LogP) is 3.41. The molecule has 1 aromatic carbocycles. The third-order valence-electron chi connectivity index (χ3n) is 2.33. The standard InChI is InChI=1S/C12H11ClFN3/c1-8-11(14)12(16-7-15-8)17-10-4-2-9(6-13)3-5-10/h2-5,7H,6H2,1H3,(H,15,16,17). The Morgan fingerprint density at radius 1 is 1.24 bits per heavy atom. The molecule has 0 bridgehead atoms. The molecule has 1 aromatic heterocycles. The SMILES string of the molecule is Cc1ncnc(Nc2ccc(CCl)cc2)c1F. The number of rotatable bonds is 3. The van der Waals surface area contributed by atoms with Gasteiger partial charge in [0.25, 0.3) is 0 Å². The molecule has 1 heterocycles. The Bertz CT molecular complexity index is 514. The molecule has 0 atom stereocenters. The van der Waals surface area contributed by atoms with Gasteiger partial charge in [-0.25, -0.2) is 14.4 Å². The van der Waals surface area contributed by atoms with Gasteiger partial charge in [0.2, 0.25) is 0 Å². The van der Waals surface area contributed by atoms with Crippen LogP contribution in [0.15, 0.2) is 30.6 Å². The Balaban J connectivity index is 2.22. The van der Waals surface area contributed by atoms with Gasteiger partial charge in [0, 0.05) is 11.6 Å². The Labute approximate surface area is 104 Å². The maximum Gasteiger partial charge on any atom is 0.186 e. The summed E-state index contributed by atoms with van der Waals surface area (Å²) in [5, 5.41) is 2.90. The van der Waals surface area contributed by atoms with E-state index in [1.54, 1.807) is 6.92 Å². The molecule has 0 aliphatic carbocycles. The quantitative estimate of drug-likeness (QED) is 0.850. The number of hydrogen-bond donors (Lipinski definition) is 1. The number of benzene rings is 1. The zero-order chi connectivity index (χ0) is 12.3. The second-order valence-corrected chi connectivity index (χ2v) is 3.84. The van der Waals surface area contributed by atoms with Gasteiger partial charge in [-0.05, 0) is 24.6 Å². The maximum absolute atomic E-state index is 13.6. The van der Waals surface area contributed by atoms with Gasteiger partial charge in [0.15, 0.2) is 11.6 Å². The third kappa shape index (κ3) is 2.71. The van der Waals surface area contributed by atoms with Crippen LogP contribution in [0.2, 0.25) is 0 Å². The summed E-state index contributed by atoms with van der Waals surface area (Å²) in [5.74, 6) is 0.200. The maximum atomic E-state index is 13.6. The molecule has 0 saturated carbocycles. The molecule has 0 aliphatic heterocycles. The Morgan fingerprint density at radius 2 is 1.94 bits per heavy atom. The van der Waals surface area contributed by atoms with Crippen LogP contribution < -0.4 is 5.32 Å². The van der Waals surface area contributed by atoms with Gasteiger partial charge in [-0.3, -0.25) is 0 Å². The summed E-state index contributed by atoms with van der Waals surface area (Å²) in [4.78, 5) is 7.62. The van der Waals surface area contributed by atoms with Crippen molar-refractivity contribution in [1.29, 1.82) is 0 Å². The number of alkyl halides is 1. The molecule has 0 radical (unpaired) electrons. The highest BCUT2D eigenvalue weighted by Gasteiger charge is 2.07. The number of anilines is 2. The second kappa shape index (κ2) is 5.10. The summed E-state index contributed by atoms with van der Waals surface area (Å²) in [7, 11) is 0. The largest absolute Gasteiger partial charge is 0.338 e. The van der Waals surface area contributed by atoms with Crippen LogP contribution >= 0.6 is 11.6 Å². The van der Waals surface area contributed by atoms with Crippen LogP contribution in [0, 0.1) is 12.7 Å². The van der Waals surface area contributed by atoms with E-state index >= 15 is 0 Å². The molecule has 2 rings (SSSR count). The lowest BCUT2D eigenvalue weighted by atomic mass is 10.2. The molecule has 88 valence electrons. The van der Waals surface area contributed by atoms with Gasteiger partial charge in [-0.15, -0.1) is 11.6 Å².